The summed E-state index contributed by atoms with van der Waals surface area (Å²) in [6, 6.07) is 4.92. The normalized spacial score (nSPS) is 10.5. The van der Waals surface area contributed by atoms with Crippen molar-refractivity contribution in [1.29, 1.82) is 0 Å². The molecule has 0 spiro atoms. The van der Waals surface area contributed by atoms with Crippen molar-refractivity contribution in [3.8, 4) is 0 Å². The van der Waals surface area contributed by atoms with E-state index in [0.717, 1.165) is 0 Å². The monoisotopic (exact) mass is 304 g/mol. The first kappa shape index (κ1) is 15.8. The number of carboxylic acids is 1. The Kier molecular flexibility index (Phi) is 6.08. The Morgan fingerprint density at radius 2 is 1.89 bits per heavy atom. The molecule has 0 aliphatic carbocycles. The quantitative estimate of drug-likeness (QED) is 0.846. The zero-order valence-corrected chi connectivity index (χ0v) is 11.8. The van der Waals surface area contributed by atoms with Crippen molar-refractivity contribution in [2.75, 3.05) is 25.5 Å². The Morgan fingerprint density at radius 3 is 2.42 bits per heavy atom. The summed E-state index contributed by atoms with van der Waals surface area (Å²) in [7, 11) is 1.66. The maximum atomic E-state index is 11.8. The van der Waals surface area contributed by atoms with Gasteiger partial charge in [-0.2, -0.15) is 0 Å². The predicted molar refractivity (Wildman–Crippen MR) is 74.8 cm³/mol. The average molecular weight is 305 g/mol. The standard InChI is InChI=1S/C12H14Cl2N2O3/c1-16(6-5-11(18)19)7-10(17)15-12-8(13)3-2-4-9(12)14/h2-4H,5-7H2,1H3,(H,15,17)(H,18,19). The maximum Gasteiger partial charge on any atom is 0.304 e. The molecule has 0 fully saturated rings. The van der Waals surface area contributed by atoms with E-state index in [9.17, 15) is 9.59 Å². The van der Waals surface area contributed by atoms with Gasteiger partial charge in [-0.15, -0.1) is 0 Å². The molecule has 0 saturated heterocycles. The van der Waals surface area contributed by atoms with Gasteiger partial charge >= 0.3 is 5.97 Å². The molecule has 2 N–H and O–H groups in total. The van der Waals surface area contributed by atoms with Crippen LogP contribution in [0.1, 0.15) is 6.42 Å². The molecule has 0 bridgehead atoms. The minimum absolute atomic E-state index is 0.0172. The number of nitrogens with one attached hydrogen (secondary N) is 1. The van der Waals surface area contributed by atoms with Gasteiger partial charge in [-0.3, -0.25) is 14.5 Å². The molecule has 1 rings (SSSR count). The van der Waals surface area contributed by atoms with Crippen LogP contribution >= 0.6 is 23.2 Å². The third-order valence-electron chi connectivity index (χ3n) is 2.35. The van der Waals surface area contributed by atoms with Gasteiger partial charge in [0.2, 0.25) is 5.91 Å². The van der Waals surface area contributed by atoms with Crippen LogP contribution in [0.15, 0.2) is 18.2 Å². The lowest BCUT2D eigenvalue weighted by Crippen LogP contribution is -2.31. The topological polar surface area (TPSA) is 69.6 Å². The van der Waals surface area contributed by atoms with E-state index < -0.39 is 5.97 Å². The van der Waals surface area contributed by atoms with Gasteiger partial charge < -0.3 is 10.4 Å². The van der Waals surface area contributed by atoms with E-state index in [1.54, 1.807) is 30.1 Å². The Bertz CT molecular complexity index is 460. The van der Waals surface area contributed by atoms with Crippen molar-refractivity contribution in [1.82, 2.24) is 4.90 Å². The van der Waals surface area contributed by atoms with E-state index >= 15 is 0 Å². The van der Waals surface area contributed by atoms with Gasteiger partial charge in [-0.05, 0) is 19.2 Å². The van der Waals surface area contributed by atoms with Gasteiger partial charge in [0, 0.05) is 6.54 Å². The number of para-hydroxylation sites is 1. The summed E-state index contributed by atoms with van der Waals surface area (Å²) in [5.41, 5.74) is 0.363. The van der Waals surface area contributed by atoms with Crippen LogP contribution in [-0.2, 0) is 9.59 Å². The molecular weight excluding hydrogens is 291 g/mol. The fraction of sp³-hybridized carbons (Fsp3) is 0.333. The summed E-state index contributed by atoms with van der Waals surface area (Å²) in [4.78, 5) is 23.8. The largest absolute Gasteiger partial charge is 0.481 e. The van der Waals surface area contributed by atoms with Crippen LogP contribution in [0.25, 0.3) is 0 Å². The number of likely N-dealkylation sites (N-methyl/N-ethyl adjacent to an activating group) is 1. The predicted octanol–water partition coefficient (Wildman–Crippen LogP) is 2.34. The number of rotatable bonds is 6. The Morgan fingerprint density at radius 1 is 1.32 bits per heavy atom. The number of aliphatic carboxylic acids is 1. The van der Waals surface area contributed by atoms with Gasteiger partial charge in [0.25, 0.3) is 0 Å². The minimum Gasteiger partial charge on any atom is -0.481 e. The minimum atomic E-state index is -0.901. The van der Waals surface area contributed by atoms with Crippen LogP contribution in [0, 0.1) is 0 Å². The second kappa shape index (κ2) is 7.33. The molecule has 0 heterocycles. The Balaban J connectivity index is 2.53. The van der Waals surface area contributed by atoms with Crippen LogP contribution in [0.2, 0.25) is 10.0 Å². The van der Waals surface area contributed by atoms with E-state index in [-0.39, 0.29) is 18.9 Å². The van der Waals surface area contributed by atoms with Gasteiger partial charge in [-0.1, -0.05) is 29.3 Å². The summed E-state index contributed by atoms with van der Waals surface area (Å²) in [5, 5.41) is 11.9. The van der Waals surface area contributed by atoms with E-state index in [2.05, 4.69) is 5.32 Å². The molecule has 5 nitrogen and oxygen atoms in total. The molecule has 7 heteroatoms. The molecule has 1 aromatic carbocycles. The molecule has 0 aliphatic rings. The summed E-state index contributed by atoms with van der Waals surface area (Å²) in [6.45, 7) is 0.355. The van der Waals surface area contributed by atoms with Crippen LogP contribution in [0.4, 0.5) is 5.69 Å². The lowest BCUT2D eigenvalue weighted by Gasteiger charge is -2.15. The SMILES string of the molecule is CN(CCC(=O)O)CC(=O)Nc1c(Cl)cccc1Cl. The van der Waals surface area contributed by atoms with Gasteiger partial charge in [0.05, 0.1) is 28.7 Å². The molecule has 1 aromatic rings. The smallest absolute Gasteiger partial charge is 0.304 e. The number of hydrogen-bond donors (Lipinski definition) is 2. The van der Waals surface area contributed by atoms with Gasteiger partial charge in [-0.25, -0.2) is 0 Å². The van der Waals surface area contributed by atoms with Crippen LogP contribution in [0.5, 0.6) is 0 Å². The number of halogens is 2. The number of carbonyl (C=O) groups excluding carboxylic acids is 1. The highest BCUT2D eigenvalue weighted by atomic mass is 35.5. The second-order valence-electron chi connectivity index (χ2n) is 4.03. The number of hydrogen-bond acceptors (Lipinski definition) is 3. The number of carboxylic acid groups (broad SMARTS) is 1. The molecule has 0 aromatic heterocycles. The summed E-state index contributed by atoms with van der Waals surface area (Å²) in [5.74, 6) is -1.20. The number of benzene rings is 1. The number of nitrogens with zero attached hydrogens (tertiary/aromatic N) is 1. The van der Waals surface area contributed by atoms with Crippen LogP contribution in [-0.4, -0.2) is 42.0 Å². The van der Waals surface area contributed by atoms with Crippen molar-refractivity contribution < 1.29 is 14.7 Å². The van der Waals surface area contributed by atoms with Crippen molar-refractivity contribution in [2.24, 2.45) is 0 Å². The third kappa shape index (κ3) is 5.46. The zero-order valence-electron chi connectivity index (χ0n) is 10.3. The molecule has 0 radical (unpaired) electrons. The lowest BCUT2D eigenvalue weighted by atomic mass is 10.3. The van der Waals surface area contributed by atoms with E-state index in [0.29, 0.717) is 22.3 Å². The lowest BCUT2D eigenvalue weighted by molar-refractivity contribution is -0.137. The summed E-state index contributed by atoms with van der Waals surface area (Å²) < 4.78 is 0. The number of amides is 1. The molecule has 0 aliphatic heterocycles. The highest BCUT2D eigenvalue weighted by Gasteiger charge is 2.12. The first-order valence-electron chi connectivity index (χ1n) is 5.54. The third-order valence-corrected chi connectivity index (χ3v) is 2.98. The fourth-order valence-corrected chi connectivity index (χ4v) is 1.90. The molecule has 19 heavy (non-hydrogen) atoms. The van der Waals surface area contributed by atoms with Crippen LogP contribution in [0.3, 0.4) is 0 Å². The summed E-state index contributed by atoms with van der Waals surface area (Å²) in [6.07, 6.45) is -0.0172. The van der Waals surface area contributed by atoms with E-state index in [1.807, 2.05) is 0 Å². The average Bonchev–Trinajstić information content (AvgIpc) is 2.31. The first-order chi connectivity index (χ1) is 8.90. The fourth-order valence-electron chi connectivity index (χ4n) is 1.41. The Hall–Kier alpha value is -1.30. The highest BCUT2D eigenvalue weighted by molar-refractivity contribution is 6.39. The molecule has 1 amide bonds. The zero-order chi connectivity index (χ0) is 14.4. The van der Waals surface area contributed by atoms with Gasteiger partial charge in [0.15, 0.2) is 0 Å². The first-order valence-corrected chi connectivity index (χ1v) is 6.30. The van der Waals surface area contributed by atoms with E-state index in [1.165, 1.54) is 0 Å². The van der Waals surface area contributed by atoms with Gasteiger partial charge in [0.1, 0.15) is 0 Å². The van der Waals surface area contributed by atoms with Crippen molar-refractivity contribution in [3.63, 3.8) is 0 Å². The Labute approximate surface area is 121 Å². The van der Waals surface area contributed by atoms with Crippen molar-refractivity contribution in [2.45, 2.75) is 6.42 Å². The molecule has 0 saturated carbocycles. The summed E-state index contributed by atoms with van der Waals surface area (Å²) >= 11 is 11.8. The molecule has 0 atom stereocenters. The van der Waals surface area contributed by atoms with Crippen molar-refractivity contribution in [3.05, 3.63) is 28.2 Å². The number of carbonyl (C=O) groups is 2. The van der Waals surface area contributed by atoms with E-state index in [4.69, 9.17) is 28.3 Å². The maximum absolute atomic E-state index is 11.8. The van der Waals surface area contributed by atoms with Crippen molar-refractivity contribution >= 4 is 40.8 Å². The molecule has 104 valence electrons. The highest BCUT2D eigenvalue weighted by Crippen LogP contribution is 2.29. The molecule has 0 unspecified atom stereocenters. The second-order valence-corrected chi connectivity index (χ2v) is 4.84. The number of anilines is 1. The molecular formula is C12H14Cl2N2O3. The van der Waals surface area contributed by atoms with Crippen LogP contribution < -0.4 is 5.32 Å².